The zero-order valence-corrected chi connectivity index (χ0v) is 15.2. The van der Waals surface area contributed by atoms with Crippen LogP contribution >= 0.6 is 0 Å². The van der Waals surface area contributed by atoms with Crippen LogP contribution in [0.4, 0.5) is 0 Å². The smallest absolute Gasteiger partial charge is 0.328 e. The highest BCUT2D eigenvalue weighted by Crippen LogP contribution is 2.25. The fourth-order valence-corrected chi connectivity index (χ4v) is 2.63. The van der Waals surface area contributed by atoms with Gasteiger partial charge in [0.05, 0.1) is 18.5 Å². The van der Waals surface area contributed by atoms with Gasteiger partial charge in [0, 0.05) is 36.0 Å². The van der Waals surface area contributed by atoms with Crippen LogP contribution in [0.1, 0.15) is 5.56 Å². The molecule has 7 nitrogen and oxygen atoms in total. The highest BCUT2D eigenvalue weighted by Gasteiger charge is 2.13. The van der Waals surface area contributed by atoms with Crippen LogP contribution in [0.3, 0.4) is 0 Å². The number of carbonyl (C=O) groups is 2. The molecule has 142 valence electrons. The van der Waals surface area contributed by atoms with E-state index in [1.807, 2.05) is 60.8 Å². The Morgan fingerprint density at radius 3 is 2.46 bits per heavy atom. The Morgan fingerprint density at radius 1 is 1.11 bits per heavy atom. The van der Waals surface area contributed by atoms with Gasteiger partial charge in [-0.2, -0.15) is 5.10 Å². The third kappa shape index (κ3) is 4.64. The van der Waals surface area contributed by atoms with E-state index in [0.717, 1.165) is 34.7 Å². The highest BCUT2D eigenvalue weighted by atomic mass is 16.5. The van der Waals surface area contributed by atoms with Crippen LogP contribution in [0.5, 0.6) is 5.75 Å². The molecule has 0 aliphatic carbocycles. The van der Waals surface area contributed by atoms with Crippen molar-refractivity contribution in [3.05, 3.63) is 78.5 Å². The predicted molar refractivity (Wildman–Crippen MR) is 104 cm³/mol. The quantitative estimate of drug-likeness (QED) is 0.618. The molecule has 1 aromatic heterocycles. The molecule has 0 fully saturated rings. The Kier molecular flexibility index (Phi) is 5.86. The molecule has 2 aromatic carbocycles. The predicted octanol–water partition coefficient (Wildman–Crippen LogP) is 2.80. The Balaban J connectivity index is 1.90. The molecule has 7 heteroatoms. The van der Waals surface area contributed by atoms with Gasteiger partial charge in [0.15, 0.2) is 0 Å². The first-order valence-corrected chi connectivity index (χ1v) is 8.54. The molecule has 1 amide bonds. The number of nitrogens with zero attached hydrogens (tertiary/aromatic N) is 2. The second-order valence-corrected chi connectivity index (χ2v) is 5.90. The van der Waals surface area contributed by atoms with E-state index in [2.05, 4.69) is 10.4 Å². The van der Waals surface area contributed by atoms with Gasteiger partial charge in [-0.05, 0) is 36.4 Å². The minimum Gasteiger partial charge on any atom is -0.497 e. The van der Waals surface area contributed by atoms with Crippen molar-refractivity contribution in [2.45, 2.75) is 6.54 Å². The van der Waals surface area contributed by atoms with Crippen LogP contribution in [0.15, 0.2) is 72.9 Å². The second kappa shape index (κ2) is 8.68. The molecule has 2 N–H and O–H groups in total. The molecule has 0 spiro atoms. The van der Waals surface area contributed by atoms with Gasteiger partial charge < -0.3 is 15.2 Å². The molecule has 0 aliphatic rings. The van der Waals surface area contributed by atoms with Crippen molar-refractivity contribution in [1.29, 1.82) is 0 Å². The molecule has 0 atom stereocenters. The lowest BCUT2D eigenvalue weighted by atomic mass is 10.1. The van der Waals surface area contributed by atoms with E-state index >= 15 is 0 Å². The number of aliphatic carboxylic acids is 1. The van der Waals surface area contributed by atoms with Gasteiger partial charge in [-0.15, -0.1) is 0 Å². The number of rotatable bonds is 7. The summed E-state index contributed by atoms with van der Waals surface area (Å²) in [5, 5.41) is 16.0. The Morgan fingerprint density at radius 2 is 1.82 bits per heavy atom. The second-order valence-electron chi connectivity index (χ2n) is 5.90. The summed E-state index contributed by atoms with van der Waals surface area (Å²) in [4.78, 5) is 22.4. The molecule has 3 aromatic rings. The first kappa shape index (κ1) is 18.9. The first-order chi connectivity index (χ1) is 13.6. The van der Waals surface area contributed by atoms with Crippen molar-refractivity contribution in [2.24, 2.45) is 0 Å². The molecule has 0 unspecified atom stereocenters. The zero-order valence-electron chi connectivity index (χ0n) is 15.2. The van der Waals surface area contributed by atoms with Crippen LogP contribution < -0.4 is 10.1 Å². The van der Waals surface area contributed by atoms with Gasteiger partial charge in [-0.3, -0.25) is 4.79 Å². The van der Waals surface area contributed by atoms with Gasteiger partial charge in [0.25, 0.3) is 0 Å². The van der Waals surface area contributed by atoms with Gasteiger partial charge >= 0.3 is 5.97 Å². The monoisotopic (exact) mass is 377 g/mol. The van der Waals surface area contributed by atoms with Crippen molar-refractivity contribution in [3.63, 3.8) is 0 Å². The molecule has 0 saturated heterocycles. The SMILES string of the molecule is COc1ccc(-c2nn(-c3ccccc3)cc2CNC(=O)C=CC(=O)O)cc1. The number of benzene rings is 2. The third-order valence-corrected chi connectivity index (χ3v) is 4.00. The number of carbonyl (C=O) groups excluding carboxylic acids is 1. The van der Waals surface area contributed by atoms with E-state index < -0.39 is 11.9 Å². The highest BCUT2D eigenvalue weighted by molar-refractivity contribution is 5.93. The molecular formula is C21H19N3O4. The summed E-state index contributed by atoms with van der Waals surface area (Å²) in [6.45, 7) is 0.205. The summed E-state index contributed by atoms with van der Waals surface area (Å²) in [7, 11) is 1.60. The van der Waals surface area contributed by atoms with Gasteiger partial charge in [0.2, 0.25) is 5.91 Å². The lowest BCUT2D eigenvalue weighted by Gasteiger charge is -2.05. The molecule has 28 heavy (non-hydrogen) atoms. The lowest BCUT2D eigenvalue weighted by molar-refractivity contribution is -0.131. The standard InChI is InChI=1S/C21H19N3O4/c1-28-18-9-7-15(8-10-18)21-16(13-22-19(25)11-12-20(26)27)14-24(23-21)17-5-3-2-4-6-17/h2-12,14H,13H2,1H3,(H,22,25)(H,26,27). The first-order valence-electron chi connectivity index (χ1n) is 8.54. The van der Waals surface area contributed by atoms with Gasteiger partial charge in [0.1, 0.15) is 5.75 Å². The molecule has 3 rings (SSSR count). The number of hydrogen-bond acceptors (Lipinski definition) is 4. The van der Waals surface area contributed by atoms with Gasteiger partial charge in [-0.1, -0.05) is 18.2 Å². The summed E-state index contributed by atoms with van der Waals surface area (Å²) in [5.41, 5.74) is 3.28. The summed E-state index contributed by atoms with van der Waals surface area (Å²) in [6.07, 6.45) is 3.63. The van der Waals surface area contributed by atoms with Crippen LogP contribution in [-0.4, -0.2) is 33.9 Å². The van der Waals surface area contributed by atoms with Crippen LogP contribution in [0, 0.1) is 0 Å². The third-order valence-electron chi connectivity index (χ3n) is 4.00. The van der Waals surface area contributed by atoms with Crippen molar-refractivity contribution < 1.29 is 19.4 Å². The van der Waals surface area contributed by atoms with Crippen LogP contribution in [0.2, 0.25) is 0 Å². The van der Waals surface area contributed by atoms with E-state index in [4.69, 9.17) is 9.84 Å². The fourth-order valence-electron chi connectivity index (χ4n) is 2.63. The summed E-state index contributed by atoms with van der Waals surface area (Å²) in [5.74, 6) is -0.929. The normalized spacial score (nSPS) is 10.8. The topological polar surface area (TPSA) is 93.5 Å². The van der Waals surface area contributed by atoms with E-state index in [0.29, 0.717) is 5.69 Å². The van der Waals surface area contributed by atoms with Crippen molar-refractivity contribution in [2.75, 3.05) is 7.11 Å². The number of nitrogens with one attached hydrogen (secondary N) is 1. The molecule has 0 saturated carbocycles. The number of carboxylic acids is 1. The average molecular weight is 377 g/mol. The van der Waals surface area contributed by atoms with E-state index in [1.165, 1.54) is 0 Å². The summed E-state index contributed by atoms with van der Waals surface area (Å²) in [6, 6.07) is 17.1. The van der Waals surface area contributed by atoms with Crippen molar-refractivity contribution in [1.82, 2.24) is 15.1 Å². The Hall–Kier alpha value is -3.87. The molecule has 0 aliphatic heterocycles. The summed E-state index contributed by atoms with van der Waals surface area (Å²) >= 11 is 0. The van der Waals surface area contributed by atoms with E-state index in [9.17, 15) is 9.59 Å². The van der Waals surface area contributed by atoms with Crippen LogP contribution in [-0.2, 0) is 16.1 Å². The fraction of sp³-hybridized carbons (Fsp3) is 0.0952. The lowest BCUT2D eigenvalue weighted by Crippen LogP contribution is -2.20. The molecule has 1 heterocycles. The van der Waals surface area contributed by atoms with E-state index in [-0.39, 0.29) is 6.54 Å². The maximum absolute atomic E-state index is 11.8. The van der Waals surface area contributed by atoms with Crippen LogP contribution in [0.25, 0.3) is 16.9 Å². The maximum atomic E-state index is 11.8. The number of amides is 1. The number of aromatic nitrogens is 2. The molecule has 0 radical (unpaired) electrons. The van der Waals surface area contributed by atoms with Gasteiger partial charge in [-0.25, -0.2) is 9.48 Å². The van der Waals surface area contributed by atoms with Crippen molar-refractivity contribution in [3.8, 4) is 22.7 Å². The number of para-hydroxylation sites is 1. The number of ether oxygens (including phenoxy) is 1. The van der Waals surface area contributed by atoms with E-state index in [1.54, 1.807) is 11.8 Å². The maximum Gasteiger partial charge on any atom is 0.328 e. The average Bonchev–Trinajstić information content (AvgIpc) is 3.15. The molecular weight excluding hydrogens is 358 g/mol. The summed E-state index contributed by atoms with van der Waals surface area (Å²) < 4.78 is 6.94. The number of carboxylic acid groups (broad SMARTS) is 1. The Bertz CT molecular complexity index is 992. The number of methoxy groups -OCH3 is 1. The number of hydrogen-bond donors (Lipinski definition) is 2. The minimum absolute atomic E-state index is 0.205. The largest absolute Gasteiger partial charge is 0.497 e. The zero-order chi connectivity index (χ0) is 19.9. The Labute approximate surface area is 161 Å². The van der Waals surface area contributed by atoms with Crippen molar-refractivity contribution >= 4 is 11.9 Å². The minimum atomic E-state index is -1.18. The molecule has 0 bridgehead atoms.